The summed E-state index contributed by atoms with van der Waals surface area (Å²) in [5.74, 6) is -4.43. The molecule has 0 heterocycles. The van der Waals surface area contributed by atoms with Crippen molar-refractivity contribution in [3.8, 4) is 0 Å². The molecule has 2 unspecified atom stereocenters. The Labute approximate surface area is 92.6 Å². The van der Waals surface area contributed by atoms with Crippen LogP contribution in [0.25, 0.3) is 0 Å². The van der Waals surface area contributed by atoms with Gasteiger partial charge < -0.3 is 15.5 Å². The molecule has 0 bridgehead atoms. The van der Waals surface area contributed by atoms with Gasteiger partial charge in [0.2, 0.25) is 0 Å². The summed E-state index contributed by atoms with van der Waals surface area (Å²) in [6.45, 7) is -1.78. The molecule has 1 fully saturated rings. The van der Waals surface area contributed by atoms with E-state index in [1.54, 1.807) is 0 Å². The van der Waals surface area contributed by atoms with Gasteiger partial charge in [-0.3, -0.25) is 4.79 Å². The van der Waals surface area contributed by atoms with Gasteiger partial charge >= 0.3 is 5.97 Å². The normalized spacial score (nSPS) is 26.7. The fourth-order valence-corrected chi connectivity index (χ4v) is 1.95. The summed E-state index contributed by atoms with van der Waals surface area (Å²) in [6, 6.07) is -0.188. The third kappa shape index (κ3) is 4.02. The highest BCUT2D eigenvalue weighted by molar-refractivity contribution is 5.70. The molecule has 2 atom stereocenters. The van der Waals surface area contributed by atoms with Crippen LogP contribution in [-0.4, -0.2) is 41.3 Å². The minimum Gasteiger partial charge on any atom is -0.481 e. The van der Waals surface area contributed by atoms with E-state index in [4.69, 9.17) is 10.2 Å². The highest BCUT2D eigenvalue weighted by atomic mass is 19.3. The fraction of sp³-hybridized carbons (Fsp3) is 0.900. The van der Waals surface area contributed by atoms with Gasteiger partial charge in [0, 0.05) is 6.04 Å². The molecule has 0 aromatic heterocycles. The molecular formula is C10H17F2NO3. The van der Waals surface area contributed by atoms with Crippen molar-refractivity contribution in [1.29, 1.82) is 0 Å². The lowest BCUT2D eigenvalue weighted by Gasteiger charge is -2.28. The summed E-state index contributed by atoms with van der Waals surface area (Å²) in [5, 5.41) is 19.8. The van der Waals surface area contributed by atoms with E-state index >= 15 is 0 Å². The largest absolute Gasteiger partial charge is 0.481 e. The number of nitrogens with one attached hydrogen (secondary N) is 1. The van der Waals surface area contributed by atoms with E-state index in [0.717, 1.165) is 6.42 Å². The molecule has 1 rings (SSSR count). The second-order valence-electron chi connectivity index (χ2n) is 4.29. The van der Waals surface area contributed by atoms with Crippen LogP contribution in [0.4, 0.5) is 8.78 Å². The van der Waals surface area contributed by atoms with Gasteiger partial charge in [0.05, 0.1) is 12.5 Å². The van der Waals surface area contributed by atoms with Crippen molar-refractivity contribution < 1.29 is 23.8 Å². The average Bonchev–Trinajstić information content (AvgIpc) is 2.27. The molecule has 0 saturated heterocycles. The van der Waals surface area contributed by atoms with Crippen molar-refractivity contribution in [2.24, 2.45) is 5.92 Å². The quantitative estimate of drug-likeness (QED) is 0.663. The molecule has 0 radical (unpaired) electrons. The second-order valence-corrected chi connectivity index (χ2v) is 4.29. The van der Waals surface area contributed by atoms with Gasteiger partial charge in [0.15, 0.2) is 0 Å². The maximum Gasteiger partial charge on any atom is 0.306 e. The van der Waals surface area contributed by atoms with Crippen LogP contribution in [0.2, 0.25) is 0 Å². The number of aliphatic hydroxyl groups is 1. The molecule has 94 valence electrons. The molecule has 0 spiro atoms. The van der Waals surface area contributed by atoms with E-state index in [1.807, 2.05) is 0 Å². The van der Waals surface area contributed by atoms with Gasteiger partial charge in [-0.05, 0) is 19.3 Å². The van der Waals surface area contributed by atoms with Gasteiger partial charge in [0.25, 0.3) is 5.92 Å². The molecule has 0 aromatic carbocycles. The molecule has 6 heteroatoms. The van der Waals surface area contributed by atoms with Crippen molar-refractivity contribution in [1.82, 2.24) is 5.32 Å². The zero-order valence-corrected chi connectivity index (χ0v) is 8.96. The number of aliphatic carboxylic acids is 1. The van der Waals surface area contributed by atoms with Crippen molar-refractivity contribution in [2.75, 3.05) is 13.2 Å². The molecule has 0 aromatic rings. The van der Waals surface area contributed by atoms with Crippen molar-refractivity contribution >= 4 is 5.97 Å². The summed E-state index contributed by atoms with van der Waals surface area (Å²) < 4.78 is 25.5. The predicted octanol–water partition coefficient (Wildman–Crippen LogP) is 0.847. The highest BCUT2D eigenvalue weighted by Crippen LogP contribution is 2.25. The van der Waals surface area contributed by atoms with Crippen molar-refractivity contribution in [3.05, 3.63) is 0 Å². The third-order valence-electron chi connectivity index (χ3n) is 2.90. The first-order valence-corrected chi connectivity index (χ1v) is 5.39. The highest BCUT2D eigenvalue weighted by Gasteiger charge is 2.31. The van der Waals surface area contributed by atoms with Crippen LogP contribution in [0.1, 0.15) is 25.7 Å². The Morgan fingerprint density at radius 1 is 1.44 bits per heavy atom. The van der Waals surface area contributed by atoms with Crippen molar-refractivity contribution in [3.63, 3.8) is 0 Å². The Balaban J connectivity index is 2.35. The van der Waals surface area contributed by atoms with E-state index in [-0.39, 0.29) is 6.04 Å². The third-order valence-corrected chi connectivity index (χ3v) is 2.90. The molecule has 3 N–H and O–H groups in total. The van der Waals surface area contributed by atoms with Gasteiger partial charge in [-0.1, -0.05) is 6.42 Å². The zero-order chi connectivity index (χ0) is 12.2. The standard InChI is InChI=1S/C10H17F2NO3/c11-10(12,6-14)5-13-8-3-1-2-7(4-8)9(15)16/h7-8,13-14H,1-6H2,(H,15,16). The maximum absolute atomic E-state index is 12.7. The van der Waals surface area contributed by atoms with E-state index in [9.17, 15) is 13.6 Å². The van der Waals surface area contributed by atoms with Gasteiger partial charge in [-0.2, -0.15) is 0 Å². The van der Waals surface area contributed by atoms with Crippen LogP contribution < -0.4 is 5.32 Å². The number of alkyl halides is 2. The first kappa shape index (κ1) is 13.3. The number of carboxylic acid groups (broad SMARTS) is 1. The predicted molar refractivity (Wildman–Crippen MR) is 53.4 cm³/mol. The van der Waals surface area contributed by atoms with E-state index in [0.29, 0.717) is 19.3 Å². The molecule has 16 heavy (non-hydrogen) atoms. The lowest BCUT2D eigenvalue weighted by molar-refractivity contribution is -0.143. The van der Waals surface area contributed by atoms with Crippen LogP contribution in [0.3, 0.4) is 0 Å². The maximum atomic E-state index is 12.7. The van der Waals surface area contributed by atoms with E-state index in [1.165, 1.54) is 0 Å². The zero-order valence-electron chi connectivity index (χ0n) is 8.96. The summed E-state index contributed by atoms with van der Waals surface area (Å²) in [6.07, 6.45) is 2.45. The molecule has 0 aliphatic heterocycles. The second kappa shape index (κ2) is 5.54. The van der Waals surface area contributed by atoms with Crippen LogP contribution in [-0.2, 0) is 4.79 Å². The minimum absolute atomic E-state index is 0.188. The molecule has 1 aliphatic carbocycles. The molecule has 1 saturated carbocycles. The SMILES string of the molecule is O=C(O)C1CCCC(NCC(F)(F)CO)C1. The number of carboxylic acids is 1. The first-order valence-electron chi connectivity index (χ1n) is 5.39. The number of aliphatic hydroxyl groups excluding tert-OH is 1. The number of carbonyl (C=O) groups is 1. The smallest absolute Gasteiger partial charge is 0.306 e. The first-order chi connectivity index (χ1) is 7.44. The Bertz CT molecular complexity index is 248. The molecular weight excluding hydrogens is 220 g/mol. The lowest BCUT2D eigenvalue weighted by Crippen LogP contribution is -2.43. The van der Waals surface area contributed by atoms with Crippen LogP contribution in [0.5, 0.6) is 0 Å². The Kier molecular flexibility index (Phi) is 4.61. The van der Waals surface area contributed by atoms with Crippen LogP contribution >= 0.6 is 0 Å². The van der Waals surface area contributed by atoms with Gasteiger partial charge in [-0.15, -0.1) is 0 Å². The minimum atomic E-state index is -3.13. The number of halogens is 2. The molecule has 0 amide bonds. The van der Waals surface area contributed by atoms with Gasteiger partial charge in [0.1, 0.15) is 6.61 Å². The van der Waals surface area contributed by atoms with Crippen molar-refractivity contribution in [2.45, 2.75) is 37.6 Å². The van der Waals surface area contributed by atoms with E-state index in [2.05, 4.69) is 5.32 Å². The summed E-state index contributed by atoms with van der Waals surface area (Å²) in [5.41, 5.74) is 0. The number of rotatable bonds is 5. The Hall–Kier alpha value is -0.750. The number of hydrogen-bond acceptors (Lipinski definition) is 3. The van der Waals surface area contributed by atoms with Crippen LogP contribution in [0.15, 0.2) is 0 Å². The fourth-order valence-electron chi connectivity index (χ4n) is 1.95. The Morgan fingerprint density at radius 2 is 2.12 bits per heavy atom. The monoisotopic (exact) mass is 237 g/mol. The summed E-state index contributed by atoms with van der Waals surface area (Å²) in [4.78, 5) is 10.7. The lowest BCUT2D eigenvalue weighted by atomic mass is 9.86. The average molecular weight is 237 g/mol. The summed E-state index contributed by atoms with van der Waals surface area (Å²) in [7, 11) is 0. The van der Waals surface area contributed by atoms with E-state index < -0.39 is 31.0 Å². The Morgan fingerprint density at radius 3 is 2.69 bits per heavy atom. The topological polar surface area (TPSA) is 69.6 Å². The number of hydrogen-bond donors (Lipinski definition) is 3. The molecule has 4 nitrogen and oxygen atoms in total. The summed E-state index contributed by atoms with van der Waals surface area (Å²) >= 11 is 0. The molecule has 1 aliphatic rings. The van der Waals surface area contributed by atoms with Gasteiger partial charge in [-0.25, -0.2) is 8.78 Å². The van der Waals surface area contributed by atoms with Crippen LogP contribution in [0, 0.1) is 5.92 Å².